The van der Waals surface area contributed by atoms with Gasteiger partial charge >= 0.3 is 0 Å². The van der Waals surface area contributed by atoms with Gasteiger partial charge in [-0.05, 0) is 22.4 Å². The van der Waals surface area contributed by atoms with Crippen molar-refractivity contribution in [2.75, 3.05) is 7.11 Å². The van der Waals surface area contributed by atoms with Crippen LogP contribution in [0.25, 0.3) is 10.8 Å². The van der Waals surface area contributed by atoms with Crippen LogP contribution in [0.3, 0.4) is 0 Å². The van der Waals surface area contributed by atoms with E-state index in [1.165, 1.54) is 6.21 Å². The number of rotatable bonds is 6. The Morgan fingerprint density at radius 2 is 1.72 bits per heavy atom. The summed E-state index contributed by atoms with van der Waals surface area (Å²) in [4.78, 5) is 2.26. The third-order valence-corrected chi connectivity index (χ3v) is 4.83. The second kappa shape index (κ2) is 7.36. The van der Waals surface area contributed by atoms with Gasteiger partial charge in [0.05, 0.1) is 19.1 Å². The van der Waals surface area contributed by atoms with E-state index in [9.17, 15) is 8.42 Å². The number of nitrogens with zero attached hydrogens (tertiary/aromatic N) is 1. The lowest BCUT2D eigenvalue weighted by Crippen LogP contribution is -2.20. The number of methoxy groups -OCH3 is 1. The molecule has 3 aromatic rings. The van der Waals surface area contributed by atoms with Crippen molar-refractivity contribution in [3.05, 3.63) is 77.9 Å². The van der Waals surface area contributed by atoms with Crippen molar-refractivity contribution in [3.63, 3.8) is 0 Å². The summed E-state index contributed by atoms with van der Waals surface area (Å²) in [6.07, 6.45) is 1.48. The molecular weight excluding hydrogens is 336 g/mol. The maximum Gasteiger partial charge on any atom is 0.251 e. The molecule has 0 aromatic heterocycles. The highest BCUT2D eigenvalue weighted by atomic mass is 32.2. The lowest BCUT2D eigenvalue weighted by molar-refractivity contribution is 0.415. The Labute approximate surface area is 147 Å². The van der Waals surface area contributed by atoms with E-state index in [1.54, 1.807) is 31.4 Å². The van der Waals surface area contributed by atoms with Crippen molar-refractivity contribution >= 4 is 27.0 Å². The number of benzene rings is 3. The van der Waals surface area contributed by atoms with Gasteiger partial charge in [-0.1, -0.05) is 60.7 Å². The van der Waals surface area contributed by atoms with Crippen LogP contribution in [0.4, 0.5) is 0 Å². The van der Waals surface area contributed by atoms with E-state index in [0.29, 0.717) is 11.3 Å². The molecule has 0 saturated carbocycles. The highest BCUT2D eigenvalue weighted by molar-refractivity contribution is 7.88. The Kier molecular flexibility index (Phi) is 5.00. The van der Waals surface area contributed by atoms with Gasteiger partial charge in [-0.3, -0.25) is 0 Å². The monoisotopic (exact) mass is 354 g/mol. The molecule has 0 amide bonds. The van der Waals surface area contributed by atoms with E-state index in [2.05, 4.69) is 9.93 Å². The van der Waals surface area contributed by atoms with E-state index in [0.717, 1.165) is 16.3 Å². The SMILES string of the molecule is COc1ccc2ccccc2c1/C=N/NS(=O)(=O)Cc1ccccc1. The van der Waals surface area contributed by atoms with Gasteiger partial charge in [0.25, 0.3) is 10.0 Å². The van der Waals surface area contributed by atoms with Crippen LogP contribution < -0.4 is 9.57 Å². The minimum Gasteiger partial charge on any atom is -0.496 e. The Morgan fingerprint density at radius 3 is 2.48 bits per heavy atom. The van der Waals surface area contributed by atoms with Gasteiger partial charge in [0.15, 0.2) is 0 Å². The average Bonchev–Trinajstić information content (AvgIpc) is 2.62. The molecule has 0 aliphatic carbocycles. The van der Waals surface area contributed by atoms with Crippen molar-refractivity contribution < 1.29 is 13.2 Å². The van der Waals surface area contributed by atoms with Crippen LogP contribution in [0.15, 0.2) is 71.8 Å². The molecule has 0 aliphatic rings. The van der Waals surface area contributed by atoms with Gasteiger partial charge in [0.1, 0.15) is 5.75 Å². The van der Waals surface area contributed by atoms with Crippen LogP contribution in [0.2, 0.25) is 0 Å². The van der Waals surface area contributed by atoms with E-state index in [-0.39, 0.29) is 5.75 Å². The predicted molar refractivity (Wildman–Crippen MR) is 100 cm³/mol. The first-order valence-corrected chi connectivity index (χ1v) is 9.36. The summed E-state index contributed by atoms with van der Waals surface area (Å²) in [6.45, 7) is 0. The maximum absolute atomic E-state index is 12.2. The van der Waals surface area contributed by atoms with Crippen molar-refractivity contribution in [3.8, 4) is 5.75 Å². The average molecular weight is 354 g/mol. The second-order valence-corrected chi connectivity index (χ2v) is 7.20. The van der Waals surface area contributed by atoms with E-state index >= 15 is 0 Å². The van der Waals surface area contributed by atoms with Gasteiger partial charge in [0.2, 0.25) is 0 Å². The van der Waals surface area contributed by atoms with E-state index in [4.69, 9.17) is 4.74 Å². The van der Waals surface area contributed by atoms with Crippen molar-refractivity contribution in [1.82, 2.24) is 4.83 Å². The molecule has 0 fully saturated rings. The third-order valence-electron chi connectivity index (χ3n) is 3.74. The zero-order chi connectivity index (χ0) is 17.7. The quantitative estimate of drug-likeness (QED) is 0.545. The number of fused-ring (bicyclic) bond motifs is 1. The zero-order valence-electron chi connectivity index (χ0n) is 13.7. The Hall–Kier alpha value is -2.86. The molecule has 0 heterocycles. The van der Waals surface area contributed by atoms with Gasteiger partial charge in [-0.2, -0.15) is 5.10 Å². The topological polar surface area (TPSA) is 67.8 Å². The maximum atomic E-state index is 12.2. The Balaban J connectivity index is 1.83. The van der Waals surface area contributed by atoms with Crippen molar-refractivity contribution in [2.45, 2.75) is 5.75 Å². The summed E-state index contributed by atoms with van der Waals surface area (Å²) in [6, 6.07) is 20.5. The van der Waals surface area contributed by atoms with Crippen LogP contribution in [-0.4, -0.2) is 21.7 Å². The molecule has 0 bridgehead atoms. The molecule has 0 aliphatic heterocycles. The zero-order valence-corrected chi connectivity index (χ0v) is 14.5. The molecule has 1 N–H and O–H groups in total. The van der Waals surface area contributed by atoms with Crippen LogP contribution >= 0.6 is 0 Å². The van der Waals surface area contributed by atoms with Crippen LogP contribution in [-0.2, 0) is 15.8 Å². The first-order valence-electron chi connectivity index (χ1n) is 7.71. The molecule has 5 nitrogen and oxygen atoms in total. The molecular formula is C19H18N2O3S. The molecule has 0 atom stereocenters. The Morgan fingerprint density at radius 1 is 1.00 bits per heavy atom. The molecule has 3 aromatic carbocycles. The normalized spacial score (nSPS) is 11.7. The number of hydrazone groups is 1. The smallest absolute Gasteiger partial charge is 0.251 e. The number of hydrogen-bond acceptors (Lipinski definition) is 4. The van der Waals surface area contributed by atoms with E-state index < -0.39 is 10.0 Å². The van der Waals surface area contributed by atoms with Crippen LogP contribution in [0.1, 0.15) is 11.1 Å². The molecule has 0 unspecified atom stereocenters. The summed E-state index contributed by atoms with van der Waals surface area (Å²) < 4.78 is 29.7. The first kappa shape index (κ1) is 17.0. The summed E-state index contributed by atoms with van der Waals surface area (Å²) in [5, 5.41) is 5.89. The second-order valence-electron chi connectivity index (χ2n) is 5.50. The fourth-order valence-electron chi connectivity index (χ4n) is 2.58. The standard InChI is InChI=1S/C19H18N2O3S/c1-24-19-12-11-16-9-5-6-10-17(16)18(19)13-20-21-25(22,23)14-15-7-3-2-4-8-15/h2-13,21H,14H2,1H3/b20-13+. The highest BCUT2D eigenvalue weighted by Crippen LogP contribution is 2.26. The van der Waals surface area contributed by atoms with Crippen LogP contribution in [0.5, 0.6) is 5.75 Å². The molecule has 0 saturated heterocycles. The molecule has 25 heavy (non-hydrogen) atoms. The fourth-order valence-corrected chi connectivity index (χ4v) is 3.49. The molecule has 0 radical (unpaired) electrons. The van der Waals surface area contributed by atoms with Crippen molar-refractivity contribution in [1.29, 1.82) is 0 Å². The lowest BCUT2D eigenvalue weighted by Gasteiger charge is -2.08. The minimum absolute atomic E-state index is 0.127. The van der Waals surface area contributed by atoms with E-state index in [1.807, 2.05) is 42.5 Å². The van der Waals surface area contributed by atoms with Crippen LogP contribution in [0, 0.1) is 0 Å². The Bertz CT molecular complexity index is 1000. The largest absolute Gasteiger partial charge is 0.496 e. The van der Waals surface area contributed by atoms with Gasteiger partial charge in [-0.15, -0.1) is 0 Å². The summed E-state index contributed by atoms with van der Waals surface area (Å²) in [7, 11) is -2.00. The number of ether oxygens (including phenoxy) is 1. The van der Waals surface area contributed by atoms with Gasteiger partial charge in [-0.25, -0.2) is 13.2 Å². The number of nitrogens with one attached hydrogen (secondary N) is 1. The summed E-state index contributed by atoms with van der Waals surface area (Å²) >= 11 is 0. The lowest BCUT2D eigenvalue weighted by atomic mass is 10.0. The predicted octanol–water partition coefficient (Wildman–Crippen LogP) is 3.30. The molecule has 128 valence electrons. The summed E-state index contributed by atoms with van der Waals surface area (Å²) in [5.41, 5.74) is 1.43. The van der Waals surface area contributed by atoms with Gasteiger partial charge in [0, 0.05) is 5.56 Å². The fraction of sp³-hybridized carbons (Fsp3) is 0.105. The first-order chi connectivity index (χ1) is 12.1. The molecule has 0 spiro atoms. The highest BCUT2D eigenvalue weighted by Gasteiger charge is 2.10. The number of sulfonamides is 1. The molecule has 3 rings (SSSR count). The van der Waals surface area contributed by atoms with Gasteiger partial charge < -0.3 is 4.74 Å². The number of hydrogen-bond donors (Lipinski definition) is 1. The van der Waals surface area contributed by atoms with Crippen molar-refractivity contribution in [2.24, 2.45) is 5.10 Å². The third kappa shape index (κ3) is 4.16. The molecule has 6 heteroatoms. The minimum atomic E-state index is -3.57. The summed E-state index contributed by atoms with van der Waals surface area (Å²) in [5.74, 6) is 0.502.